The number of rotatable bonds is 4. The van der Waals surface area contributed by atoms with Gasteiger partial charge in [-0.25, -0.2) is 12.8 Å². The molecule has 1 aliphatic rings. The predicted molar refractivity (Wildman–Crippen MR) is 75.6 cm³/mol. The van der Waals surface area contributed by atoms with E-state index in [1.54, 1.807) is 0 Å². The van der Waals surface area contributed by atoms with E-state index < -0.39 is 15.8 Å². The first-order valence-corrected chi connectivity index (χ1v) is 8.18. The molecule has 0 aliphatic heterocycles. The van der Waals surface area contributed by atoms with Crippen LogP contribution in [-0.2, 0) is 14.8 Å². The Labute approximate surface area is 117 Å². The number of anilines is 2. The van der Waals surface area contributed by atoms with E-state index in [0.717, 1.165) is 42.0 Å². The Morgan fingerprint density at radius 3 is 2.55 bits per heavy atom. The Bertz CT molecular complexity index is 627. The number of nitrogens with zero attached hydrogens (tertiary/aromatic N) is 1. The highest BCUT2D eigenvalue weighted by Gasteiger charge is 2.26. The number of nitrogens with one attached hydrogen (secondary N) is 1. The van der Waals surface area contributed by atoms with E-state index in [9.17, 15) is 17.6 Å². The molecule has 0 aromatic heterocycles. The molecule has 0 radical (unpaired) electrons. The molecule has 1 aliphatic carbocycles. The molecule has 1 aromatic rings. The maximum absolute atomic E-state index is 13.3. The van der Waals surface area contributed by atoms with Crippen LogP contribution >= 0.6 is 0 Å². The van der Waals surface area contributed by atoms with Crippen LogP contribution in [0, 0.1) is 11.7 Å². The Balaban J connectivity index is 2.30. The van der Waals surface area contributed by atoms with E-state index in [1.807, 2.05) is 0 Å². The maximum atomic E-state index is 13.3. The molecule has 1 fully saturated rings. The Morgan fingerprint density at radius 2 is 2.05 bits per heavy atom. The van der Waals surface area contributed by atoms with Gasteiger partial charge in [0.15, 0.2) is 0 Å². The van der Waals surface area contributed by atoms with Crippen molar-refractivity contribution in [2.24, 2.45) is 5.92 Å². The Hall–Kier alpha value is -1.63. The smallest absolute Gasteiger partial charge is 0.232 e. The first-order valence-electron chi connectivity index (χ1n) is 6.33. The molecule has 1 saturated carbocycles. The number of halogens is 1. The van der Waals surface area contributed by atoms with Crippen molar-refractivity contribution in [3.8, 4) is 0 Å². The largest absolute Gasteiger partial charge is 0.324 e. The van der Waals surface area contributed by atoms with Gasteiger partial charge in [0.1, 0.15) is 5.82 Å². The van der Waals surface area contributed by atoms with Crippen molar-refractivity contribution < 1.29 is 17.6 Å². The molecule has 0 saturated heterocycles. The lowest BCUT2D eigenvalue weighted by molar-refractivity contribution is -0.122. The second-order valence-corrected chi connectivity index (χ2v) is 7.02. The summed E-state index contributed by atoms with van der Waals surface area (Å²) in [5, 5.41) is 2.62. The number of benzene rings is 1. The lowest BCUT2D eigenvalue weighted by Gasteiger charge is -2.26. The van der Waals surface area contributed by atoms with Crippen molar-refractivity contribution in [2.75, 3.05) is 22.9 Å². The second kappa shape index (κ2) is 5.40. The lowest BCUT2D eigenvalue weighted by atomic mass is 9.85. The fraction of sp³-hybridized carbons (Fsp3) is 0.462. The molecule has 0 atom stereocenters. The van der Waals surface area contributed by atoms with E-state index >= 15 is 0 Å². The molecule has 5 nitrogen and oxygen atoms in total. The first-order chi connectivity index (χ1) is 9.29. The van der Waals surface area contributed by atoms with Crippen LogP contribution in [0.3, 0.4) is 0 Å². The number of carbonyl (C=O) groups is 1. The van der Waals surface area contributed by atoms with Crippen LogP contribution in [-0.4, -0.2) is 27.6 Å². The molecule has 0 unspecified atom stereocenters. The van der Waals surface area contributed by atoms with Crippen LogP contribution in [0.4, 0.5) is 15.8 Å². The van der Waals surface area contributed by atoms with Crippen molar-refractivity contribution in [2.45, 2.75) is 19.3 Å². The van der Waals surface area contributed by atoms with Gasteiger partial charge in [-0.3, -0.25) is 9.10 Å². The van der Waals surface area contributed by atoms with Crippen LogP contribution in [0.25, 0.3) is 0 Å². The van der Waals surface area contributed by atoms with Gasteiger partial charge in [-0.15, -0.1) is 0 Å². The fourth-order valence-corrected chi connectivity index (χ4v) is 2.48. The number of sulfonamides is 1. The summed E-state index contributed by atoms with van der Waals surface area (Å²) in [5.41, 5.74) is 0.427. The summed E-state index contributed by atoms with van der Waals surface area (Å²) in [6.45, 7) is 0. The van der Waals surface area contributed by atoms with Crippen LogP contribution in [0.5, 0.6) is 0 Å². The third-order valence-corrected chi connectivity index (χ3v) is 4.72. The van der Waals surface area contributed by atoms with Gasteiger partial charge in [-0.1, -0.05) is 6.42 Å². The molecular formula is C13H17FN2O3S. The highest BCUT2D eigenvalue weighted by molar-refractivity contribution is 7.92. The molecule has 110 valence electrons. The van der Waals surface area contributed by atoms with Gasteiger partial charge >= 0.3 is 0 Å². The van der Waals surface area contributed by atoms with Gasteiger partial charge in [0.2, 0.25) is 15.9 Å². The highest BCUT2D eigenvalue weighted by atomic mass is 32.2. The number of amides is 1. The quantitative estimate of drug-likeness (QED) is 0.924. The van der Waals surface area contributed by atoms with Gasteiger partial charge in [0, 0.05) is 13.0 Å². The normalized spacial score (nSPS) is 15.6. The summed E-state index contributed by atoms with van der Waals surface area (Å²) in [7, 11) is -2.12. The summed E-state index contributed by atoms with van der Waals surface area (Å²) in [5.74, 6) is -0.779. The lowest BCUT2D eigenvalue weighted by Crippen LogP contribution is -2.30. The SMILES string of the molecule is CN(c1ccc(F)cc1NC(=O)C1CCC1)S(C)(=O)=O. The molecule has 20 heavy (non-hydrogen) atoms. The highest BCUT2D eigenvalue weighted by Crippen LogP contribution is 2.31. The van der Waals surface area contributed by atoms with E-state index in [2.05, 4.69) is 5.32 Å². The van der Waals surface area contributed by atoms with Gasteiger partial charge in [-0.2, -0.15) is 0 Å². The summed E-state index contributed by atoms with van der Waals surface area (Å²) < 4.78 is 37.5. The zero-order valence-electron chi connectivity index (χ0n) is 11.4. The van der Waals surface area contributed by atoms with Crippen molar-refractivity contribution >= 4 is 27.3 Å². The monoisotopic (exact) mass is 300 g/mol. The number of carbonyl (C=O) groups excluding carboxylic acids is 1. The molecule has 0 spiro atoms. The third-order valence-electron chi connectivity index (χ3n) is 3.53. The van der Waals surface area contributed by atoms with E-state index in [1.165, 1.54) is 13.1 Å². The average molecular weight is 300 g/mol. The van der Waals surface area contributed by atoms with Crippen LogP contribution in [0.1, 0.15) is 19.3 Å². The van der Waals surface area contributed by atoms with Crippen molar-refractivity contribution in [1.29, 1.82) is 0 Å². The van der Waals surface area contributed by atoms with E-state index in [-0.39, 0.29) is 23.2 Å². The third kappa shape index (κ3) is 3.09. The molecule has 1 amide bonds. The maximum Gasteiger partial charge on any atom is 0.232 e. The molecule has 0 heterocycles. The molecule has 1 N–H and O–H groups in total. The second-order valence-electron chi connectivity index (χ2n) is 5.01. The number of hydrogen-bond acceptors (Lipinski definition) is 3. The number of hydrogen-bond donors (Lipinski definition) is 1. The Morgan fingerprint density at radius 1 is 1.40 bits per heavy atom. The molecule has 7 heteroatoms. The zero-order chi connectivity index (χ0) is 14.9. The van der Waals surface area contributed by atoms with Crippen LogP contribution < -0.4 is 9.62 Å². The summed E-state index contributed by atoms with van der Waals surface area (Å²) >= 11 is 0. The Kier molecular flexibility index (Phi) is 3.99. The average Bonchev–Trinajstić information content (AvgIpc) is 2.24. The van der Waals surface area contributed by atoms with Crippen molar-refractivity contribution in [1.82, 2.24) is 0 Å². The minimum absolute atomic E-state index is 0.0605. The minimum Gasteiger partial charge on any atom is -0.324 e. The first kappa shape index (κ1) is 14.8. The van der Waals surface area contributed by atoms with Crippen molar-refractivity contribution in [3.63, 3.8) is 0 Å². The summed E-state index contributed by atoms with van der Waals surface area (Å²) in [4.78, 5) is 11.9. The van der Waals surface area contributed by atoms with Gasteiger partial charge in [0.05, 0.1) is 17.6 Å². The summed E-state index contributed by atoms with van der Waals surface area (Å²) in [6.07, 6.45) is 3.70. The molecule has 2 rings (SSSR count). The van der Waals surface area contributed by atoms with Gasteiger partial charge in [0.25, 0.3) is 0 Å². The fourth-order valence-electron chi connectivity index (χ4n) is 1.97. The van der Waals surface area contributed by atoms with E-state index in [0.29, 0.717) is 0 Å². The topological polar surface area (TPSA) is 66.5 Å². The molecular weight excluding hydrogens is 283 g/mol. The molecule has 0 bridgehead atoms. The van der Waals surface area contributed by atoms with Crippen LogP contribution in [0.2, 0.25) is 0 Å². The van der Waals surface area contributed by atoms with Crippen molar-refractivity contribution in [3.05, 3.63) is 24.0 Å². The van der Waals surface area contributed by atoms with Gasteiger partial charge < -0.3 is 5.32 Å². The predicted octanol–water partition coefficient (Wildman–Crippen LogP) is 1.96. The summed E-state index contributed by atoms with van der Waals surface area (Å²) in [6, 6.07) is 3.64. The zero-order valence-corrected chi connectivity index (χ0v) is 12.2. The minimum atomic E-state index is -3.48. The van der Waals surface area contributed by atoms with Gasteiger partial charge in [-0.05, 0) is 31.0 Å². The van der Waals surface area contributed by atoms with Crippen LogP contribution in [0.15, 0.2) is 18.2 Å². The van der Waals surface area contributed by atoms with E-state index in [4.69, 9.17) is 0 Å². The standard InChI is InChI=1S/C13H17FN2O3S/c1-16(20(2,18)19)12-7-6-10(14)8-11(12)15-13(17)9-4-3-5-9/h6-9H,3-5H2,1-2H3,(H,15,17). The molecule has 1 aromatic carbocycles.